The maximum absolute atomic E-state index is 8.05. The smallest absolute Gasteiger partial charge is 0.187 e. The average Bonchev–Trinajstić information content (AvgIpc) is 1.60. The Morgan fingerprint density at radius 2 is 0.682 bits per heavy atom. The lowest BCUT2D eigenvalue weighted by Crippen LogP contribution is -2.17. The van der Waals surface area contributed by atoms with Crippen molar-refractivity contribution in [2.75, 3.05) is 0 Å². The second kappa shape index (κ2) is 21.2. The minimum Gasteiger partial charge on any atom is -0.309 e. The van der Waals surface area contributed by atoms with Crippen molar-refractivity contribution in [2.45, 2.75) is 157 Å². The summed E-state index contributed by atoms with van der Waals surface area (Å²) in [6.45, 7) is 49.2. The van der Waals surface area contributed by atoms with Crippen LogP contribution >= 0.6 is 0 Å². The molecular formula is C82H84N6. The van der Waals surface area contributed by atoms with E-state index in [2.05, 4.69) is 302 Å². The summed E-state index contributed by atoms with van der Waals surface area (Å²) in [5.41, 5.74) is 20.7. The zero-order valence-electron chi connectivity index (χ0n) is 55.0. The third-order valence-electron chi connectivity index (χ3n) is 17.9. The molecule has 0 unspecified atom stereocenters. The van der Waals surface area contributed by atoms with Crippen LogP contribution in [0.2, 0.25) is 0 Å². The van der Waals surface area contributed by atoms with Crippen molar-refractivity contribution in [3.63, 3.8) is 0 Å². The second-order valence-corrected chi connectivity index (χ2v) is 30.7. The normalized spacial score (nSPS) is 12.9. The van der Waals surface area contributed by atoms with Gasteiger partial charge in [-0.3, -0.25) is 0 Å². The summed E-state index contributed by atoms with van der Waals surface area (Å²) in [5, 5.41) is 4.77. The summed E-state index contributed by atoms with van der Waals surface area (Å²) < 4.78 is 4.94. The highest BCUT2D eigenvalue weighted by Gasteiger charge is 2.29. The first-order valence-corrected chi connectivity index (χ1v) is 31.3. The standard InChI is InChI=1S/C82H84N6/c1-77(2,3)55-33-37-71-66(48-55)62-27-20-22-29-68(62)87(71)70-36-32-52(74-84-75(53-39-57(79(7,8)9)46-58(40-53)80(10,11)12)86-76(85-74)54-41-59(81(13,14)15)47-60(42-54)82(16,17)18)44-65(70)64-35-31-51(50-25-24-26-61(43-50)83-19)45-73(64)88-69-30-23-21-28-63(69)67-49-56(78(4,5)6)34-38-72(67)88/h20-49H,1-18H3. The van der Waals surface area contributed by atoms with E-state index in [-0.39, 0.29) is 32.5 Å². The molecule has 3 heterocycles. The van der Waals surface area contributed by atoms with E-state index in [0.717, 1.165) is 72.4 Å². The predicted octanol–water partition coefficient (Wildman–Crippen LogP) is 22.7. The van der Waals surface area contributed by atoms with Gasteiger partial charge in [-0.25, -0.2) is 19.8 Å². The van der Waals surface area contributed by atoms with Gasteiger partial charge in [0.2, 0.25) is 0 Å². The van der Waals surface area contributed by atoms with Crippen LogP contribution in [0.25, 0.3) is 116 Å². The number of aromatic nitrogens is 5. The highest BCUT2D eigenvalue weighted by Crippen LogP contribution is 2.46. The first kappa shape index (κ1) is 59.4. The van der Waals surface area contributed by atoms with Gasteiger partial charge < -0.3 is 9.13 Å². The number of hydrogen-bond donors (Lipinski definition) is 0. The van der Waals surface area contributed by atoms with Crippen LogP contribution in [-0.4, -0.2) is 24.1 Å². The topological polar surface area (TPSA) is 52.9 Å². The van der Waals surface area contributed by atoms with Gasteiger partial charge in [-0.15, -0.1) is 0 Å². The predicted molar refractivity (Wildman–Crippen MR) is 374 cm³/mol. The van der Waals surface area contributed by atoms with Crippen molar-refractivity contribution in [1.82, 2.24) is 24.1 Å². The fourth-order valence-electron chi connectivity index (χ4n) is 12.4. The van der Waals surface area contributed by atoms with Crippen molar-refractivity contribution in [2.24, 2.45) is 0 Å². The molecule has 0 spiro atoms. The Bertz CT molecular complexity index is 4640. The van der Waals surface area contributed by atoms with E-state index < -0.39 is 0 Å². The molecule has 0 aliphatic carbocycles. The monoisotopic (exact) mass is 1150 g/mol. The molecule has 0 radical (unpaired) electrons. The van der Waals surface area contributed by atoms with E-state index in [1.165, 1.54) is 54.9 Å². The fraction of sp³-hybridized carbons (Fsp3) is 0.293. The van der Waals surface area contributed by atoms with Gasteiger partial charge in [-0.05, 0) is 168 Å². The number of hydrogen-bond acceptors (Lipinski definition) is 3. The Morgan fingerprint density at radius 3 is 1.12 bits per heavy atom. The molecule has 6 nitrogen and oxygen atoms in total. The van der Waals surface area contributed by atoms with Crippen LogP contribution in [0.1, 0.15) is 158 Å². The van der Waals surface area contributed by atoms with Crippen LogP contribution in [0.4, 0.5) is 5.69 Å². The average molecular weight is 1150 g/mol. The number of fused-ring (bicyclic) bond motifs is 6. The zero-order chi connectivity index (χ0) is 62.8. The molecule has 0 atom stereocenters. The molecular weight excluding hydrogens is 1070 g/mol. The van der Waals surface area contributed by atoms with Crippen molar-refractivity contribution < 1.29 is 0 Å². The van der Waals surface area contributed by atoms with E-state index in [1.54, 1.807) is 0 Å². The van der Waals surface area contributed by atoms with Crippen LogP contribution in [-0.2, 0) is 32.5 Å². The summed E-state index contributed by atoms with van der Waals surface area (Å²) in [6, 6.07) is 67.3. The molecule has 0 amide bonds. The van der Waals surface area contributed by atoms with E-state index in [1.807, 2.05) is 18.2 Å². The molecule has 0 saturated carbocycles. The van der Waals surface area contributed by atoms with Gasteiger partial charge in [0, 0.05) is 49.4 Å². The lowest BCUT2D eigenvalue weighted by Gasteiger charge is -2.26. The SMILES string of the molecule is [C-]#[N+]c1cccc(-c2ccc(-c3cc(-c4nc(-c5cc(C(C)(C)C)cc(C(C)(C)C)c5)nc(-c5cc(C(C)(C)C)cc(C(C)(C)C)c5)n4)ccc3-n3c4ccccc4c4cc(C(C)(C)C)ccc43)c(-n3c4ccccc4c4cc(C(C)(C)C)ccc43)c2)c1. The van der Waals surface area contributed by atoms with Gasteiger partial charge in [-0.1, -0.05) is 216 Å². The van der Waals surface area contributed by atoms with Gasteiger partial charge in [-0.2, -0.15) is 0 Å². The largest absolute Gasteiger partial charge is 0.309 e. The van der Waals surface area contributed by atoms with Gasteiger partial charge in [0.05, 0.1) is 40.0 Å². The van der Waals surface area contributed by atoms with Crippen molar-refractivity contribution in [3.8, 4) is 67.8 Å². The highest BCUT2D eigenvalue weighted by atomic mass is 15.0. The lowest BCUT2D eigenvalue weighted by atomic mass is 9.79. The van der Waals surface area contributed by atoms with E-state index >= 15 is 0 Å². The Hall–Kier alpha value is -8.92. The van der Waals surface area contributed by atoms with Gasteiger partial charge in [0.1, 0.15) is 0 Å². The van der Waals surface area contributed by atoms with Gasteiger partial charge in [0.15, 0.2) is 23.2 Å². The summed E-state index contributed by atoms with van der Waals surface area (Å²) in [5.74, 6) is 1.84. The molecule has 12 aromatic rings. The summed E-state index contributed by atoms with van der Waals surface area (Å²) >= 11 is 0. The quantitative estimate of drug-likeness (QED) is 0.149. The number of benzene rings is 9. The van der Waals surface area contributed by atoms with Crippen molar-refractivity contribution in [3.05, 3.63) is 227 Å². The van der Waals surface area contributed by atoms with Crippen molar-refractivity contribution in [1.29, 1.82) is 0 Å². The van der Waals surface area contributed by atoms with Crippen LogP contribution in [0.5, 0.6) is 0 Å². The van der Waals surface area contributed by atoms with E-state index in [4.69, 9.17) is 21.5 Å². The molecule has 0 saturated heterocycles. The lowest BCUT2D eigenvalue weighted by molar-refractivity contribution is 0.568. The fourth-order valence-corrected chi connectivity index (χ4v) is 12.4. The Balaban J connectivity index is 1.22. The van der Waals surface area contributed by atoms with Crippen molar-refractivity contribution >= 4 is 49.3 Å². The minimum atomic E-state index is -0.137. The van der Waals surface area contributed by atoms with E-state index in [0.29, 0.717) is 23.2 Å². The van der Waals surface area contributed by atoms with Crippen LogP contribution in [0.15, 0.2) is 182 Å². The molecule has 88 heavy (non-hydrogen) atoms. The van der Waals surface area contributed by atoms with E-state index in [9.17, 15) is 0 Å². The van der Waals surface area contributed by atoms with Crippen LogP contribution in [0.3, 0.4) is 0 Å². The Labute approximate surface area is 522 Å². The Kier molecular flexibility index (Phi) is 14.3. The number of para-hydroxylation sites is 2. The molecule has 6 heteroatoms. The molecule has 442 valence electrons. The van der Waals surface area contributed by atoms with Gasteiger partial charge >= 0.3 is 0 Å². The maximum Gasteiger partial charge on any atom is 0.187 e. The Morgan fingerprint density at radius 1 is 0.284 bits per heavy atom. The second-order valence-electron chi connectivity index (χ2n) is 30.7. The molecule has 0 bridgehead atoms. The first-order chi connectivity index (χ1) is 41.3. The summed E-state index contributed by atoms with van der Waals surface area (Å²) in [7, 11) is 0. The summed E-state index contributed by atoms with van der Waals surface area (Å²) in [4.78, 5) is 20.7. The number of rotatable bonds is 7. The number of nitrogens with zero attached hydrogens (tertiary/aromatic N) is 6. The molecule has 3 aromatic heterocycles. The third-order valence-corrected chi connectivity index (χ3v) is 17.9. The molecule has 0 aliphatic heterocycles. The molecule has 0 fully saturated rings. The van der Waals surface area contributed by atoms with Crippen LogP contribution < -0.4 is 0 Å². The summed E-state index contributed by atoms with van der Waals surface area (Å²) in [6.07, 6.45) is 0. The van der Waals surface area contributed by atoms with Gasteiger partial charge in [0.25, 0.3) is 0 Å². The molecule has 0 aliphatic rings. The zero-order valence-corrected chi connectivity index (χ0v) is 55.0. The third kappa shape index (κ3) is 11.0. The molecule has 9 aromatic carbocycles. The minimum absolute atomic E-state index is 0.0575. The highest BCUT2D eigenvalue weighted by molar-refractivity contribution is 6.12. The molecule has 0 N–H and O–H groups in total. The van der Waals surface area contributed by atoms with Crippen LogP contribution in [0, 0.1) is 6.57 Å². The maximum atomic E-state index is 8.05. The molecule has 12 rings (SSSR count). The first-order valence-electron chi connectivity index (χ1n) is 31.3.